The third-order valence-corrected chi connectivity index (χ3v) is 4.99. The van der Waals surface area contributed by atoms with E-state index in [0.29, 0.717) is 24.9 Å². The van der Waals surface area contributed by atoms with Gasteiger partial charge in [0, 0.05) is 17.8 Å². The second-order valence-electron chi connectivity index (χ2n) is 5.33. The van der Waals surface area contributed by atoms with E-state index in [-0.39, 0.29) is 16.5 Å². The van der Waals surface area contributed by atoms with E-state index in [1.807, 2.05) is 0 Å². The van der Waals surface area contributed by atoms with Crippen LogP contribution in [0.15, 0.2) is 47.4 Å². The number of hydrogen-bond acceptors (Lipinski definition) is 3. The van der Waals surface area contributed by atoms with Gasteiger partial charge in [0.25, 0.3) is 10.0 Å². The van der Waals surface area contributed by atoms with Crippen LogP contribution in [-0.4, -0.2) is 14.3 Å². The number of carbonyl (C=O) groups excluding carboxylic acids is 1. The number of anilines is 2. The summed E-state index contributed by atoms with van der Waals surface area (Å²) in [4.78, 5) is 11.6. The molecule has 0 bridgehead atoms. The Balaban J connectivity index is 1.89. The molecule has 2 aromatic carbocycles. The lowest BCUT2D eigenvalue weighted by atomic mass is 10.1. The molecule has 0 aliphatic carbocycles. The van der Waals surface area contributed by atoms with Crippen molar-refractivity contribution in [2.24, 2.45) is 0 Å². The molecule has 7 heteroatoms. The van der Waals surface area contributed by atoms with Crippen molar-refractivity contribution in [1.29, 1.82) is 0 Å². The van der Waals surface area contributed by atoms with E-state index in [4.69, 9.17) is 0 Å². The molecule has 1 aliphatic heterocycles. The average molecular weight is 334 g/mol. The molecule has 0 saturated heterocycles. The van der Waals surface area contributed by atoms with Gasteiger partial charge in [-0.1, -0.05) is 0 Å². The van der Waals surface area contributed by atoms with Gasteiger partial charge in [0.05, 0.1) is 4.90 Å². The SMILES string of the molecule is O=C1CCCc2cc(S(=O)(=O)Nc3ccc(F)cc3)ccc2N1. The minimum absolute atomic E-state index is 0.0659. The van der Waals surface area contributed by atoms with Crippen LogP contribution >= 0.6 is 0 Å². The summed E-state index contributed by atoms with van der Waals surface area (Å²) in [5.74, 6) is -0.502. The maximum atomic E-state index is 12.9. The standard InChI is InChI=1S/C16H15FN2O3S/c17-12-4-6-13(7-5-12)19-23(21,22)14-8-9-15-11(10-14)2-1-3-16(20)18-15/h4-10,19H,1-3H2,(H,18,20). The number of fused-ring (bicyclic) bond motifs is 1. The largest absolute Gasteiger partial charge is 0.326 e. The van der Waals surface area contributed by atoms with Crippen LogP contribution in [0, 0.1) is 5.82 Å². The number of carbonyl (C=O) groups is 1. The summed E-state index contributed by atoms with van der Waals surface area (Å²) in [6.45, 7) is 0. The van der Waals surface area contributed by atoms with Gasteiger partial charge in [-0.05, 0) is 60.9 Å². The second-order valence-corrected chi connectivity index (χ2v) is 7.02. The normalized spacial score (nSPS) is 14.6. The zero-order valence-corrected chi connectivity index (χ0v) is 13.0. The molecule has 0 unspecified atom stereocenters. The van der Waals surface area contributed by atoms with Crippen LogP contribution in [0.5, 0.6) is 0 Å². The van der Waals surface area contributed by atoms with Gasteiger partial charge in [0.1, 0.15) is 5.82 Å². The molecule has 0 atom stereocenters. The molecule has 23 heavy (non-hydrogen) atoms. The van der Waals surface area contributed by atoms with Crippen molar-refractivity contribution in [2.75, 3.05) is 10.0 Å². The van der Waals surface area contributed by atoms with Crippen molar-refractivity contribution in [3.8, 4) is 0 Å². The molecule has 0 fully saturated rings. The van der Waals surface area contributed by atoms with Gasteiger partial charge in [-0.15, -0.1) is 0 Å². The summed E-state index contributed by atoms with van der Waals surface area (Å²) in [5, 5.41) is 2.76. The van der Waals surface area contributed by atoms with Crippen molar-refractivity contribution >= 4 is 27.3 Å². The van der Waals surface area contributed by atoms with Crippen LogP contribution in [0.4, 0.5) is 15.8 Å². The van der Waals surface area contributed by atoms with Gasteiger partial charge < -0.3 is 5.32 Å². The summed E-state index contributed by atoms with van der Waals surface area (Å²) in [7, 11) is -3.77. The van der Waals surface area contributed by atoms with Crippen molar-refractivity contribution in [2.45, 2.75) is 24.2 Å². The molecule has 2 aromatic rings. The first-order valence-electron chi connectivity index (χ1n) is 7.15. The smallest absolute Gasteiger partial charge is 0.261 e. The number of amides is 1. The van der Waals surface area contributed by atoms with E-state index in [1.165, 1.54) is 30.3 Å². The molecule has 1 amide bonds. The average Bonchev–Trinajstić information content (AvgIpc) is 2.69. The van der Waals surface area contributed by atoms with Crippen molar-refractivity contribution in [3.05, 3.63) is 53.8 Å². The summed E-state index contributed by atoms with van der Waals surface area (Å²) >= 11 is 0. The third kappa shape index (κ3) is 3.50. The zero-order valence-electron chi connectivity index (χ0n) is 12.2. The molecule has 0 aromatic heterocycles. The van der Waals surface area contributed by atoms with Gasteiger partial charge >= 0.3 is 0 Å². The molecular formula is C16H15FN2O3S. The topological polar surface area (TPSA) is 75.3 Å². The van der Waals surface area contributed by atoms with Crippen LogP contribution < -0.4 is 10.0 Å². The lowest BCUT2D eigenvalue weighted by Gasteiger charge is -2.11. The highest BCUT2D eigenvalue weighted by Gasteiger charge is 2.19. The van der Waals surface area contributed by atoms with Crippen LogP contribution in [-0.2, 0) is 21.2 Å². The number of halogens is 1. The lowest BCUT2D eigenvalue weighted by molar-refractivity contribution is -0.116. The summed E-state index contributed by atoms with van der Waals surface area (Å²) in [6.07, 6.45) is 1.73. The first-order chi connectivity index (χ1) is 10.9. The molecule has 5 nitrogen and oxygen atoms in total. The van der Waals surface area contributed by atoms with E-state index in [1.54, 1.807) is 12.1 Å². The summed E-state index contributed by atoms with van der Waals surface area (Å²) < 4.78 is 40.2. The van der Waals surface area contributed by atoms with E-state index in [9.17, 15) is 17.6 Å². The van der Waals surface area contributed by atoms with Crippen LogP contribution in [0.25, 0.3) is 0 Å². The molecule has 0 radical (unpaired) electrons. The van der Waals surface area contributed by atoms with E-state index in [2.05, 4.69) is 10.0 Å². The van der Waals surface area contributed by atoms with Gasteiger partial charge in [-0.3, -0.25) is 9.52 Å². The van der Waals surface area contributed by atoms with E-state index in [0.717, 1.165) is 5.56 Å². The van der Waals surface area contributed by atoms with Gasteiger partial charge in [-0.2, -0.15) is 0 Å². The minimum atomic E-state index is -3.77. The van der Waals surface area contributed by atoms with Crippen molar-refractivity contribution < 1.29 is 17.6 Å². The fraction of sp³-hybridized carbons (Fsp3) is 0.188. The zero-order chi connectivity index (χ0) is 16.4. The molecule has 120 valence electrons. The Bertz CT molecular complexity index is 848. The Kier molecular flexibility index (Phi) is 4.04. The van der Waals surface area contributed by atoms with Crippen molar-refractivity contribution in [3.63, 3.8) is 0 Å². The number of aryl methyl sites for hydroxylation is 1. The molecule has 1 heterocycles. The number of hydrogen-bond donors (Lipinski definition) is 2. The van der Waals surface area contributed by atoms with Gasteiger partial charge in [0.15, 0.2) is 0 Å². The number of nitrogens with one attached hydrogen (secondary N) is 2. The Morgan fingerprint density at radius 2 is 1.78 bits per heavy atom. The lowest BCUT2D eigenvalue weighted by Crippen LogP contribution is -2.14. The highest BCUT2D eigenvalue weighted by atomic mass is 32.2. The molecular weight excluding hydrogens is 319 g/mol. The summed E-state index contributed by atoms with van der Waals surface area (Å²) in [5.41, 5.74) is 1.72. The molecule has 0 saturated carbocycles. The maximum Gasteiger partial charge on any atom is 0.261 e. The van der Waals surface area contributed by atoms with E-state index < -0.39 is 15.8 Å². The Morgan fingerprint density at radius 1 is 1.04 bits per heavy atom. The van der Waals surface area contributed by atoms with Gasteiger partial charge in [0.2, 0.25) is 5.91 Å². The monoisotopic (exact) mass is 334 g/mol. The Labute approximate surface area is 133 Å². The van der Waals surface area contributed by atoms with E-state index >= 15 is 0 Å². The molecule has 3 rings (SSSR count). The highest BCUT2D eigenvalue weighted by Crippen LogP contribution is 2.26. The quantitative estimate of drug-likeness (QED) is 0.906. The predicted octanol–water partition coefficient (Wildman–Crippen LogP) is 2.90. The van der Waals surface area contributed by atoms with Crippen molar-refractivity contribution in [1.82, 2.24) is 0 Å². The minimum Gasteiger partial charge on any atom is -0.326 e. The van der Waals surface area contributed by atoms with Crippen LogP contribution in [0.1, 0.15) is 18.4 Å². The van der Waals surface area contributed by atoms with Crippen LogP contribution in [0.2, 0.25) is 0 Å². The number of rotatable bonds is 3. The Morgan fingerprint density at radius 3 is 2.52 bits per heavy atom. The first-order valence-corrected chi connectivity index (χ1v) is 8.63. The second kappa shape index (κ2) is 6.00. The van der Waals surface area contributed by atoms with Crippen LogP contribution in [0.3, 0.4) is 0 Å². The predicted molar refractivity (Wildman–Crippen MR) is 85.2 cm³/mol. The fourth-order valence-corrected chi connectivity index (χ4v) is 3.56. The third-order valence-electron chi connectivity index (χ3n) is 3.61. The molecule has 1 aliphatic rings. The number of sulfonamides is 1. The maximum absolute atomic E-state index is 12.9. The molecule has 0 spiro atoms. The van der Waals surface area contributed by atoms with Gasteiger partial charge in [-0.25, -0.2) is 12.8 Å². The number of benzene rings is 2. The first kappa shape index (κ1) is 15.5. The fourth-order valence-electron chi connectivity index (χ4n) is 2.45. The highest BCUT2D eigenvalue weighted by molar-refractivity contribution is 7.92. The molecule has 2 N–H and O–H groups in total. The Hall–Kier alpha value is -2.41. The summed E-state index contributed by atoms with van der Waals surface area (Å²) in [6, 6.07) is 9.68.